The van der Waals surface area contributed by atoms with Crippen LogP contribution in [-0.2, 0) is 4.79 Å². The monoisotopic (exact) mass is 286 g/mol. The lowest BCUT2D eigenvalue weighted by atomic mass is 10.1. The van der Waals surface area contributed by atoms with Crippen molar-refractivity contribution in [3.63, 3.8) is 0 Å². The SMILES string of the molecule is CCCC(N)C(=O)N(C)CCOc1ccccc1.Cl. The van der Waals surface area contributed by atoms with E-state index in [0.29, 0.717) is 13.2 Å². The van der Waals surface area contributed by atoms with Gasteiger partial charge in [0.05, 0.1) is 12.6 Å². The zero-order chi connectivity index (χ0) is 13.4. The van der Waals surface area contributed by atoms with Crippen LogP contribution in [0.1, 0.15) is 19.8 Å². The number of hydrogen-bond donors (Lipinski definition) is 1. The summed E-state index contributed by atoms with van der Waals surface area (Å²) in [6.45, 7) is 3.04. The number of carbonyl (C=O) groups is 1. The number of hydrogen-bond acceptors (Lipinski definition) is 3. The molecule has 19 heavy (non-hydrogen) atoms. The third-order valence-corrected chi connectivity index (χ3v) is 2.73. The molecular weight excluding hydrogens is 264 g/mol. The lowest BCUT2D eigenvalue weighted by Gasteiger charge is -2.21. The van der Waals surface area contributed by atoms with Crippen LogP contribution in [0.15, 0.2) is 30.3 Å². The number of rotatable bonds is 7. The Bertz CT molecular complexity index is 360. The Kier molecular flexibility index (Phi) is 9.00. The molecule has 1 aromatic rings. The van der Waals surface area contributed by atoms with Crippen molar-refractivity contribution in [2.24, 2.45) is 5.73 Å². The van der Waals surface area contributed by atoms with Gasteiger partial charge in [0.25, 0.3) is 0 Å². The van der Waals surface area contributed by atoms with Crippen molar-refractivity contribution in [2.45, 2.75) is 25.8 Å². The summed E-state index contributed by atoms with van der Waals surface area (Å²) in [5.74, 6) is 0.796. The van der Waals surface area contributed by atoms with Crippen molar-refractivity contribution in [3.8, 4) is 5.75 Å². The highest BCUT2D eigenvalue weighted by atomic mass is 35.5. The summed E-state index contributed by atoms with van der Waals surface area (Å²) in [6.07, 6.45) is 1.64. The third kappa shape index (κ3) is 6.45. The zero-order valence-corrected chi connectivity index (χ0v) is 12.4. The van der Waals surface area contributed by atoms with Crippen LogP contribution >= 0.6 is 12.4 Å². The number of likely N-dealkylation sites (N-methyl/N-ethyl adjacent to an activating group) is 1. The minimum absolute atomic E-state index is 0. The molecule has 0 spiro atoms. The molecule has 1 unspecified atom stereocenters. The summed E-state index contributed by atoms with van der Waals surface area (Å²) in [6, 6.07) is 9.17. The molecule has 1 amide bonds. The minimum atomic E-state index is -0.392. The largest absolute Gasteiger partial charge is 0.492 e. The molecule has 0 saturated heterocycles. The Morgan fingerprint density at radius 2 is 2.00 bits per heavy atom. The summed E-state index contributed by atoms with van der Waals surface area (Å²) in [7, 11) is 1.76. The van der Waals surface area contributed by atoms with Gasteiger partial charge < -0.3 is 15.4 Å². The van der Waals surface area contributed by atoms with Crippen LogP contribution < -0.4 is 10.5 Å². The Labute approximate surface area is 121 Å². The molecule has 2 N–H and O–H groups in total. The average molecular weight is 287 g/mol. The maximum absolute atomic E-state index is 11.8. The predicted molar refractivity (Wildman–Crippen MR) is 79.7 cm³/mol. The summed E-state index contributed by atoms with van der Waals surface area (Å²) in [5, 5.41) is 0. The highest BCUT2D eigenvalue weighted by Crippen LogP contribution is 2.08. The lowest BCUT2D eigenvalue weighted by molar-refractivity contribution is -0.131. The number of nitrogens with zero attached hydrogens (tertiary/aromatic N) is 1. The Balaban J connectivity index is 0.00000324. The molecule has 1 rings (SSSR count). The lowest BCUT2D eigenvalue weighted by Crippen LogP contribution is -2.43. The number of nitrogens with two attached hydrogens (primary N) is 1. The molecule has 1 aromatic carbocycles. The molecule has 0 fully saturated rings. The quantitative estimate of drug-likeness (QED) is 0.835. The fourth-order valence-electron chi connectivity index (χ4n) is 1.64. The molecule has 108 valence electrons. The van der Waals surface area contributed by atoms with E-state index < -0.39 is 6.04 Å². The highest BCUT2D eigenvalue weighted by molar-refractivity contribution is 5.85. The fraction of sp³-hybridized carbons (Fsp3) is 0.500. The smallest absolute Gasteiger partial charge is 0.239 e. The molecule has 0 aliphatic heterocycles. The first kappa shape index (κ1) is 17.7. The van der Waals surface area contributed by atoms with Gasteiger partial charge in [0.2, 0.25) is 5.91 Å². The Morgan fingerprint density at radius 1 is 1.37 bits per heavy atom. The van der Waals surface area contributed by atoms with E-state index in [0.717, 1.165) is 18.6 Å². The van der Waals surface area contributed by atoms with Gasteiger partial charge in [0.15, 0.2) is 0 Å². The normalized spacial score (nSPS) is 11.3. The Hall–Kier alpha value is -1.26. The number of halogens is 1. The number of carbonyl (C=O) groups excluding carboxylic acids is 1. The molecule has 0 aliphatic carbocycles. The second kappa shape index (κ2) is 9.64. The van der Waals surface area contributed by atoms with Crippen LogP contribution in [0.2, 0.25) is 0 Å². The number of benzene rings is 1. The van der Waals surface area contributed by atoms with Gasteiger partial charge in [-0.25, -0.2) is 0 Å². The molecule has 0 radical (unpaired) electrons. The molecule has 0 aromatic heterocycles. The van der Waals surface area contributed by atoms with Gasteiger partial charge in [-0.3, -0.25) is 4.79 Å². The topological polar surface area (TPSA) is 55.6 Å². The van der Waals surface area contributed by atoms with Crippen molar-refractivity contribution in [1.82, 2.24) is 4.90 Å². The second-order valence-electron chi connectivity index (χ2n) is 4.32. The van der Waals surface area contributed by atoms with Gasteiger partial charge in [-0.1, -0.05) is 31.5 Å². The van der Waals surface area contributed by atoms with Crippen LogP contribution in [0.3, 0.4) is 0 Å². The summed E-state index contributed by atoms with van der Waals surface area (Å²) in [5.41, 5.74) is 5.78. The number of para-hydroxylation sites is 1. The van der Waals surface area contributed by atoms with E-state index in [4.69, 9.17) is 10.5 Å². The van der Waals surface area contributed by atoms with E-state index in [1.807, 2.05) is 37.3 Å². The Morgan fingerprint density at radius 3 is 2.58 bits per heavy atom. The molecule has 0 saturated carbocycles. The predicted octanol–water partition coefficient (Wildman–Crippen LogP) is 2.07. The summed E-state index contributed by atoms with van der Waals surface area (Å²) >= 11 is 0. The van der Waals surface area contributed by atoms with Crippen LogP contribution in [-0.4, -0.2) is 37.0 Å². The molecule has 0 bridgehead atoms. The van der Waals surface area contributed by atoms with Gasteiger partial charge >= 0.3 is 0 Å². The average Bonchev–Trinajstić information content (AvgIpc) is 2.39. The fourth-order valence-corrected chi connectivity index (χ4v) is 1.64. The van der Waals surface area contributed by atoms with Crippen LogP contribution in [0.25, 0.3) is 0 Å². The maximum Gasteiger partial charge on any atom is 0.239 e. The van der Waals surface area contributed by atoms with Crippen molar-refractivity contribution in [2.75, 3.05) is 20.2 Å². The first-order chi connectivity index (χ1) is 8.65. The first-order valence-corrected chi connectivity index (χ1v) is 6.33. The molecule has 4 nitrogen and oxygen atoms in total. The maximum atomic E-state index is 11.8. The van der Waals surface area contributed by atoms with Crippen molar-refractivity contribution >= 4 is 18.3 Å². The van der Waals surface area contributed by atoms with Crippen molar-refractivity contribution in [3.05, 3.63) is 30.3 Å². The molecule has 0 aliphatic rings. The van der Waals surface area contributed by atoms with Gasteiger partial charge in [-0.05, 0) is 18.6 Å². The molecular formula is C14H23ClN2O2. The standard InChI is InChI=1S/C14H22N2O2.ClH/c1-3-7-13(15)14(17)16(2)10-11-18-12-8-5-4-6-9-12;/h4-6,8-9,13H,3,7,10-11,15H2,1-2H3;1H. The van der Waals surface area contributed by atoms with Crippen molar-refractivity contribution < 1.29 is 9.53 Å². The van der Waals surface area contributed by atoms with Gasteiger partial charge in [0.1, 0.15) is 12.4 Å². The van der Waals surface area contributed by atoms with E-state index in [2.05, 4.69) is 0 Å². The van der Waals surface area contributed by atoms with Crippen LogP contribution in [0.5, 0.6) is 5.75 Å². The van der Waals surface area contributed by atoms with Gasteiger partial charge in [-0.15, -0.1) is 12.4 Å². The van der Waals surface area contributed by atoms with E-state index >= 15 is 0 Å². The molecule has 0 heterocycles. The zero-order valence-electron chi connectivity index (χ0n) is 11.5. The second-order valence-corrected chi connectivity index (χ2v) is 4.32. The van der Waals surface area contributed by atoms with Gasteiger partial charge in [-0.2, -0.15) is 0 Å². The van der Waals surface area contributed by atoms with Crippen LogP contribution in [0, 0.1) is 0 Å². The number of amides is 1. The van der Waals surface area contributed by atoms with E-state index in [9.17, 15) is 4.79 Å². The molecule has 5 heteroatoms. The van der Waals surface area contributed by atoms with E-state index in [1.165, 1.54) is 0 Å². The summed E-state index contributed by atoms with van der Waals surface area (Å²) in [4.78, 5) is 13.4. The van der Waals surface area contributed by atoms with Crippen LogP contribution in [0.4, 0.5) is 0 Å². The van der Waals surface area contributed by atoms with Crippen molar-refractivity contribution in [1.29, 1.82) is 0 Å². The first-order valence-electron chi connectivity index (χ1n) is 6.33. The molecule has 1 atom stereocenters. The van der Waals surface area contributed by atoms with E-state index in [1.54, 1.807) is 11.9 Å². The number of ether oxygens (including phenoxy) is 1. The van der Waals surface area contributed by atoms with Gasteiger partial charge in [0, 0.05) is 7.05 Å². The summed E-state index contributed by atoms with van der Waals surface area (Å²) < 4.78 is 5.53. The van der Waals surface area contributed by atoms with E-state index in [-0.39, 0.29) is 18.3 Å². The minimum Gasteiger partial charge on any atom is -0.492 e. The highest BCUT2D eigenvalue weighted by Gasteiger charge is 2.16. The third-order valence-electron chi connectivity index (χ3n) is 2.73.